The lowest BCUT2D eigenvalue weighted by Crippen LogP contribution is -2.17. The van der Waals surface area contributed by atoms with Crippen molar-refractivity contribution in [3.8, 4) is 0 Å². The number of amides is 1. The molecule has 3 aromatic rings. The Hall–Kier alpha value is -2.45. The van der Waals surface area contributed by atoms with Gasteiger partial charge in [0.15, 0.2) is 5.13 Å². The van der Waals surface area contributed by atoms with Gasteiger partial charge in [0.2, 0.25) is 5.91 Å². The average molecular weight is 418 g/mol. The SMILES string of the molecule is CCCc1ccc(S(=O)(=O)Nc2ccc3sc(NC(=O)C(C)C)nc3c2)cc1. The molecule has 1 aromatic heterocycles. The van der Waals surface area contributed by atoms with E-state index >= 15 is 0 Å². The quantitative estimate of drug-likeness (QED) is 0.586. The van der Waals surface area contributed by atoms with Crippen LogP contribution in [0.4, 0.5) is 10.8 Å². The van der Waals surface area contributed by atoms with Crippen LogP contribution in [-0.2, 0) is 21.2 Å². The lowest BCUT2D eigenvalue weighted by molar-refractivity contribution is -0.118. The number of aryl methyl sites for hydroxylation is 1. The number of anilines is 2. The van der Waals surface area contributed by atoms with Gasteiger partial charge in [-0.2, -0.15) is 0 Å². The molecule has 0 spiro atoms. The summed E-state index contributed by atoms with van der Waals surface area (Å²) in [5, 5.41) is 3.27. The topological polar surface area (TPSA) is 88.2 Å². The first-order valence-corrected chi connectivity index (χ1v) is 11.4. The van der Waals surface area contributed by atoms with Crippen LogP contribution < -0.4 is 10.0 Å². The van der Waals surface area contributed by atoms with Crippen LogP contribution in [-0.4, -0.2) is 19.3 Å². The van der Waals surface area contributed by atoms with Gasteiger partial charge < -0.3 is 5.32 Å². The third-order valence-electron chi connectivity index (χ3n) is 4.17. The van der Waals surface area contributed by atoms with Crippen LogP contribution in [0, 0.1) is 5.92 Å². The minimum atomic E-state index is -3.68. The van der Waals surface area contributed by atoms with Gasteiger partial charge in [0.25, 0.3) is 10.0 Å². The van der Waals surface area contributed by atoms with E-state index in [1.165, 1.54) is 11.3 Å². The average Bonchev–Trinajstić information content (AvgIpc) is 3.03. The first kappa shape index (κ1) is 20.3. The number of benzene rings is 2. The molecule has 1 amide bonds. The summed E-state index contributed by atoms with van der Waals surface area (Å²) in [7, 11) is -3.68. The molecule has 0 aliphatic rings. The fraction of sp³-hybridized carbons (Fsp3) is 0.300. The van der Waals surface area contributed by atoms with Crippen LogP contribution in [0.2, 0.25) is 0 Å². The molecule has 8 heteroatoms. The molecule has 0 aliphatic carbocycles. The van der Waals surface area contributed by atoms with Gasteiger partial charge in [0.1, 0.15) is 0 Å². The van der Waals surface area contributed by atoms with E-state index < -0.39 is 10.0 Å². The van der Waals surface area contributed by atoms with Crippen molar-refractivity contribution in [1.82, 2.24) is 4.98 Å². The molecule has 6 nitrogen and oxygen atoms in total. The van der Waals surface area contributed by atoms with Crippen molar-refractivity contribution in [1.29, 1.82) is 0 Å². The van der Waals surface area contributed by atoms with Crippen LogP contribution in [0.15, 0.2) is 47.4 Å². The Labute approximate surface area is 169 Å². The molecule has 2 N–H and O–H groups in total. The molecule has 0 bridgehead atoms. The summed E-state index contributed by atoms with van der Waals surface area (Å²) in [5.41, 5.74) is 2.17. The van der Waals surface area contributed by atoms with E-state index in [1.807, 2.05) is 26.0 Å². The van der Waals surface area contributed by atoms with Crippen LogP contribution in [0.1, 0.15) is 32.8 Å². The van der Waals surface area contributed by atoms with E-state index in [2.05, 4.69) is 21.9 Å². The molecule has 0 unspecified atom stereocenters. The standard InChI is InChI=1S/C20H23N3O3S2/c1-4-5-14-6-9-16(10-7-14)28(25,26)23-15-8-11-18-17(12-15)21-20(27-18)22-19(24)13(2)3/h6-13,23H,4-5H2,1-3H3,(H,21,22,24). The second kappa shape index (κ2) is 8.28. The highest BCUT2D eigenvalue weighted by Crippen LogP contribution is 2.29. The van der Waals surface area contributed by atoms with Gasteiger partial charge in [0.05, 0.1) is 20.8 Å². The number of nitrogens with zero attached hydrogens (tertiary/aromatic N) is 1. The number of rotatable bonds is 7. The number of carbonyl (C=O) groups excluding carboxylic acids is 1. The molecule has 2 aromatic carbocycles. The smallest absolute Gasteiger partial charge is 0.261 e. The van der Waals surface area contributed by atoms with Gasteiger partial charge in [-0.05, 0) is 42.3 Å². The number of sulfonamides is 1. The van der Waals surface area contributed by atoms with Gasteiger partial charge in [-0.3, -0.25) is 9.52 Å². The summed E-state index contributed by atoms with van der Waals surface area (Å²) in [6.45, 7) is 5.70. The number of hydrogen-bond donors (Lipinski definition) is 2. The number of fused-ring (bicyclic) bond motifs is 1. The van der Waals surface area contributed by atoms with Crippen LogP contribution >= 0.6 is 11.3 Å². The summed E-state index contributed by atoms with van der Waals surface area (Å²) >= 11 is 1.35. The Morgan fingerprint density at radius 2 is 1.86 bits per heavy atom. The van der Waals surface area contributed by atoms with E-state index in [1.54, 1.807) is 30.3 Å². The summed E-state index contributed by atoms with van der Waals surface area (Å²) in [6.07, 6.45) is 1.93. The lowest BCUT2D eigenvalue weighted by Gasteiger charge is -2.08. The van der Waals surface area contributed by atoms with E-state index in [0.29, 0.717) is 16.3 Å². The fourth-order valence-electron chi connectivity index (χ4n) is 2.63. The van der Waals surface area contributed by atoms with Crippen molar-refractivity contribution >= 4 is 48.3 Å². The number of nitrogens with one attached hydrogen (secondary N) is 2. The maximum atomic E-state index is 12.6. The molecule has 0 aliphatic heterocycles. The van der Waals surface area contributed by atoms with E-state index in [0.717, 1.165) is 23.1 Å². The second-order valence-corrected chi connectivity index (χ2v) is 9.56. The number of carbonyl (C=O) groups is 1. The monoisotopic (exact) mass is 417 g/mol. The molecule has 1 heterocycles. The van der Waals surface area contributed by atoms with Crippen molar-refractivity contribution in [2.75, 3.05) is 10.0 Å². The third kappa shape index (κ3) is 4.69. The van der Waals surface area contributed by atoms with Gasteiger partial charge in [-0.1, -0.05) is 50.7 Å². The molecular weight excluding hydrogens is 394 g/mol. The summed E-state index contributed by atoms with van der Waals surface area (Å²) in [5.74, 6) is -0.246. The predicted molar refractivity (Wildman–Crippen MR) is 114 cm³/mol. The molecular formula is C20H23N3O3S2. The van der Waals surface area contributed by atoms with Crippen molar-refractivity contribution in [3.05, 3.63) is 48.0 Å². The normalized spacial score (nSPS) is 11.7. The second-order valence-electron chi connectivity index (χ2n) is 6.84. The third-order valence-corrected chi connectivity index (χ3v) is 6.52. The maximum Gasteiger partial charge on any atom is 0.261 e. The largest absolute Gasteiger partial charge is 0.302 e. The zero-order valence-corrected chi connectivity index (χ0v) is 17.7. The first-order valence-electron chi connectivity index (χ1n) is 9.11. The van der Waals surface area contributed by atoms with Crippen molar-refractivity contribution in [2.24, 2.45) is 5.92 Å². The molecule has 0 fully saturated rings. The Kier molecular flexibility index (Phi) is 6.00. The van der Waals surface area contributed by atoms with Gasteiger partial charge in [-0.15, -0.1) is 0 Å². The van der Waals surface area contributed by atoms with Crippen LogP contribution in [0.25, 0.3) is 10.2 Å². The highest BCUT2D eigenvalue weighted by molar-refractivity contribution is 7.92. The number of thiazole rings is 1. The van der Waals surface area contributed by atoms with Gasteiger partial charge >= 0.3 is 0 Å². The fourth-order valence-corrected chi connectivity index (χ4v) is 4.53. The minimum absolute atomic E-state index is 0.105. The van der Waals surface area contributed by atoms with Crippen molar-refractivity contribution in [3.63, 3.8) is 0 Å². The van der Waals surface area contributed by atoms with E-state index in [9.17, 15) is 13.2 Å². The zero-order valence-electron chi connectivity index (χ0n) is 16.0. The highest BCUT2D eigenvalue weighted by atomic mass is 32.2. The highest BCUT2D eigenvalue weighted by Gasteiger charge is 2.16. The van der Waals surface area contributed by atoms with Gasteiger partial charge in [-0.25, -0.2) is 13.4 Å². The first-order chi connectivity index (χ1) is 13.3. The molecule has 0 atom stereocenters. The Balaban J connectivity index is 1.80. The molecule has 0 radical (unpaired) electrons. The summed E-state index contributed by atoms with van der Waals surface area (Å²) in [6, 6.07) is 12.1. The molecule has 148 valence electrons. The molecule has 0 saturated heterocycles. The lowest BCUT2D eigenvalue weighted by atomic mass is 10.1. The molecule has 28 heavy (non-hydrogen) atoms. The Morgan fingerprint density at radius 3 is 2.50 bits per heavy atom. The van der Waals surface area contributed by atoms with Crippen LogP contribution in [0.5, 0.6) is 0 Å². The Bertz CT molecular complexity index is 1090. The minimum Gasteiger partial charge on any atom is -0.302 e. The Morgan fingerprint density at radius 1 is 1.14 bits per heavy atom. The van der Waals surface area contributed by atoms with Gasteiger partial charge in [0, 0.05) is 5.92 Å². The van der Waals surface area contributed by atoms with E-state index in [-0.39, 0.29) is 16.7 Å². The maximum absolute atomic E-state index is 12.6. The number of hydrogen-bond acceptors (Lipinski definition) is 5. The molecule has 0 saturated carbocycles. The molecule has 3 rings (SSSR count). The predicted octanol–water partition coefficient (Wildman–Crippen LogP) is 4.64. The van der Waals surface area contributed by atoms with Crippen LogP contribution in [0.3, 0.4) is 0 Å². The van der Waals surface area contributed by atoms with E-state index in [4.69, 9.17) is 0 Å². The van der Waals surface area contributed by atoms with Crippen molar-refractivity contribution < 1.29 is 13.2 Å². The summed E-state index contributed by atoms with van der Waals surface area (Å²) in [4.78, 5) is 16.4. The summed E-state index contributed by atoms with van der Waals surface area (Å²) < 4.78 is 28.8. The zero-order chi connectivity index (χ0) is 20.3. The van der Waals surface area contributed by atoms with Crippen molar-refractivity contribution in [2.45, 2.75) is 38.5 Å². The number of aromatic nitrogens is 1.